The zero-order valence-electron chi connectivity index (χ0n) is 6.29. The van der Waals surface area contributed by atoms with Gasteiger partial charge in [0.05, 0.1) is 0 Å². The van der Waals surface area contributed by atoms with Crippen LogP contribution in [0, 0.1) is 0 Å². The summed E-state index contributed by atoms with van der Waals surface area (Å²) >= 11 is -0.770. The normalized spacial score (nSPS) is 11.5. The molecule has 0 bridgehead atoms. The number of aliphatic hydroxyl groups is 2. The SMILES string of the molecule is C[CH2][Zn][O]CC(O)CO.[Y]. The molecule has 0 aliphatic rings. The fourth-order valence-electron chi connectivity index (χ4n) is 0.416. The van der Waals surface area contributed by atoms with Gasteiger partial charge in [-0.05, 0) is 0 Å². The second-order valence-electron chi connectivity index (χ2n) is 1.91. The molecule has 0 spiro atoms. The van der Waals surface area contributed by atoms with Gasteiger partial charge in [-0.25, -0.2) is 0 Å². The van der Waals surface area contributed by atoms with Crippen LogP contribution in [0.5, 0.6) is 0 Å². The minimum absolute atomic E-state index is 0. The van der Waals surface area contributed by atoms with E-state index in [-0.39, 0.29) is 39.3 Å². The van der Waals surface area contributed by atoms with Crippen LogP contribution in [0.1, 0.15) is 6.92 Å². The predicted molar refractivity (Wildman–Crippen MR) is 29.5 cm³/mol. The van der Waals surface area contributed by atoms with E-state index in [4.69, 9.17) is 13.8 Å². The average Bonchev–Trinajstić information content (AvgIpc) is 1.89. The molecule has 0 aliphatic heterocycles. The molecule has 0 aromatic heterocycles. The van der Waals surface area contributed by atoms with Crippen LogP contribution in [-0.2, 0) is 53.8 Å². The number of aliphatic hydroxyl groups excluding tert-OH is 2. The van der Waals surface area contributed by atoms with E-state index in [0.29, 0.717) is 6.61 Å². The summed E-state index contributed by atoms with van der Waals surface area (Å²) in [5, 5.41) is 18.2. The fourth-order valence-corrected chi connectivity index (χ4v) is 1.94. The van der Waals surface area contributed by atoms with Crippen molar-refractivity contribution in [3.8, 4) is 0 Å². The molecule has 0 saturated heterocycles. The molecule has 0 rings (SSSR count). The number of hydrogen-bond donors (Lipinski definition) is 2. The maximum atomic E-state index is 8.74. The first-order valence-electron chi connectivity index (χ1n) is 3.18. The van der Waals surface area contributed by atoms with Crippen molar-refractivity contribution in [2.45, 2.75) is 18.0 Å². The maximum absolute atomic E-state index is 8.74. The number of hydrogen-bond acceptors (Lipinski definition) is 3. The second kappa shape index (κ2) is 10.6. The largest absolute Gasteiger partial charge is 0 e. The average molecular weight is 274 g/mol. The molecule has 0 fully saturated rings. The summed E-state index contributed by atoms with van der Waals surface area (Å²) in [6.45, 7) is 2.21. The van der Waals surface area contributed by atoms with Crippen LogP contribution >= 0.6 is 0 Å². The molecule has 0 aromatic carbocycles. The third-order valence-corrected chi connectivity index (χ3v) is 2.83. The zero-order valence-corrected chi connectivity index (χ0v) is 12.1. The van der Waals surface area contributed by atoms with E-state index in [2.05, 4.69) is 6.92 Å². The van der Waals surface area contributed by atoms with Crippen molar-refractivity contribution >= 4 is 0 Å². The molecule has 5 heteroatoms. The molecule has 2 N–H and O–H groups in total. The van der Waals surface area contributed by atoms with E-state index < -0.39 is 23.6 Å². The molecule has 1 atom stereocenters. The topological polar surface area (TPSA) is 49.7 Å². The summed E-state index contributed by atoms with van der Waals surface area (Å²) in [4.78, 5) is 0. The minimum atomic E-state index is -0.770. The molecule has 0 aromatic rings. The van der Waals surface area contributed by atoms with Crippen molar-refractivity contribution in [2.75, 3.05) is 13.2 Å². The van der Waals surface area contributed by atoms with Crippen LogP contribution in [0.2, 0.25) is 5.02 Å². The van der Waals surface area contributed by atoms with Crippen LogP contribution in [0.15, 0.2) is 0 Å². The Balaban J connectivity index is 0. The molecule has 0 aliphatic carbocycles. The van der Waals surface area contributed by atoms with Crippen molar-refractivity contribution < 1.29 is 64.0 Å². The molecule has 55 valence electrons. The van der Waals surface area contributed by atoms with Crippen molar-refractivity contribution in [3.63, 3.8) is 0 Å². The Kier molecular flexibility index (Phi) is 15.0. The monoisotopic (exact) mass is 273 g/mol. The Morgan fingerprint density at radius 2 is 2.20 bits per heavy atom. The molecule has 0 heterocycles. The van der Waals surface area contributed by atoms with Gasteiger partial charge in [0.15, 0.2) is 0 Å². The molecule has 0 amide bonds. The van der Waals surface area contributed by atoms with Gasteiger partial charge in [-0.3, -0.25) is 0 Å². The smallest absolute Gasteiger partial charge is 0 e. The summed E-state index contributed by atoms with van der Waals surface area (Å²) in [7, 11) is 0. The van der Waals surface area contributed by atoms with Crippen molar-refractivity contribution in [3.05, 3.63) is 0 Å². The van der Waals surface area contributed by atoms with E-state index in [1.54, 1.807) is 0 Å². The molecular formula is C5H12O3YZn. The Bertz CT molecular complexity index is 64.9. The van der Waals surface area contributed by atoms with Gasteiger partial charge in [0.2, 0.25) is 0 Å². The quantitative estimate of drug-likeness (QED) is 0.539. The van der Waals surface area contributed by atoms with Crippen molar-refractivity contribution in [2.24, 2.45) is 0 Å². The van der Waals surface area contributed by atoms with Crippen LogP contribution < -0.4 is 0 Å². The molecule has 10 heavy (non-hydrogen) atoms. The van der Waals surface area contributed by atoms with Gasteiger partial charge in [0, 0.05) is 32.7 Å². The van der Waals surface area contributed by atoms with E-state index in [1.165, 1.54) is 0 Å². The molecule has 0 saturated carbocycles. The summed E-state index contributed by atoms with van der Waals surface area (Å²) in [5.74, 6) is 0. The summed E-state index contributed by atoms with van der Waals surface area (Å²) in [6.07, 6.45) is -0.665. The molecule has 1 unspecified atom stereocenters. The van der Waals surface area contributed by atoms with Gasteiger partial charge in [0.25, 0.3) is 0 Å². The van der Waals surface area contributed by atoms with Crippen LogP contribution in [0.3, 0.4) is 0 Å². The van der Waals surface area contributed by atoms with Gasteiger partial charge in [0.1, 0.15) is 0 Å². The molecular weight excluding hydrogens is 262 g/mol. The van der Waals surface area contributed by atoms with Crippen molar-refractivity contribution in [1.82, 2.24) is 0 Å². The van der Waals surface area contributed by atoms with E-state index >= 15 is 0 Å². The standard InChI is InChI=1S/C3H7O3.C2H5.Y.Zn/c4-1-3(6)2-5;1-2;;/h3-4,6H,1-2H2;1H2,2H3;;/q-1;;;+1. The molecule has 1 radical (unpaired) electrons. The van der Waals surface area contributed by atoms with Crippen LogP contribution in [0.25, 0.3) is 0 Å². The fraction of sp³-hybridized carbons (Fsp3) is 1.00. The summed E-state index contributed by atoms with van der Waals surface area (Å²) in [5.41, 5.74) is 0. The molecule has 3 nitrogen and oxygen atoms in total. The van der Waals surface area contributed by atoms with E-state index in [0.717, 1.165) is 5.02 Å². The number of rotatable bonds is 5. The summed E-state index contributed by atoms with van der Waals surface area (Å²) in [6, 6.07) is 0. The van der Waals surface area contributed by atoms with Gasteiger partial charge in [-0.15, -0.1) is 0 Å². The first-order chi connectivity index (χ1) is 4.31. The Morgan fingerprint density at radius 3 is 2.60 bits per heavy atom. The first-order valence-corrected chi connectivity index (χ1v) is 6.48. The van der Waals surface area contributed by atoms with Gasteiger partial charge in [-0.1, -0.05) is 0 Å². The van der Waals surface area contributed by atoms with Crippen LogP contribution in [-0.4, -0.2) is 29.5 Å². The minimum Gasteiger partial charge on any atom is 0 e. The van der Waals surface area contributed by atoms with Gasteiger partial charge < -0.3 is 0 Å². The Labute approximate surface area is 94.4 Å². The predicted octanol–water partition coefficient (Wildman–Crippen LogP) is -0.211. The zero-order chi connectivity index (χ0) is 7.11. The summed E-state index contributed by atoms with van der Waals surface area (Å²) < 4.78 is 5.11. The van der Waals surface area contributed by atoms with Gasteiger partial charge in [-0.2, -0.15) is 0 Å². The van der Waals surface area contributed by atoms with E-state index in [1.807, 2.05) is 0 Å². The third kappa shape index (κ3) is 9.61. The maximum Gasteiger partial charge on any atom is 0 e. The second-order valence-corrected chi connectivity index (χ2v) is 5.72. The Hall–Kier alpha value is 1.61. The third-order valence-electron chi connectivity index (χ3n) is 0.869. The van der Waals surface area contributed by atoms with E-state index in [9.17, 15) is 0 Å². The first kappa shape index (κ1) is 14.1. The van der Waals surface area contributed by atoms with Crippen molar-refractivity contribution in [1.29, 1.82) is 0 Å². The Morgan fingerprint density at radius 1 is 1.60 bits per heavy atom. The van der Waals surface area contributed by atoms with Gasteiger partial charge >= 0.3 is 62.5 Å². The van der Waals surface area contributed by atoms with Crippen LogP contribution in [0.4, 0.5) is 0 Å².